The van der Waals surface area contributed by atoms with Crippen LogP contribution in [-0.2, 0) is 21.1 Å². The first-order valence-corrected chi connectivity index (χ1v) is 12.4. The normalized spacial score (nSPS) is 16.9. The monoisotopic (exact) mass is 500 g/mol. The molecule has 0 aliphatic carbocycles. The van der Waals surface area contributed by atoms with E-state index in [-0.39, 0.29) is 30.6 Å². The largest absolute Gasteiger partial charge is 0.389 e. The summed E-state index contributed by atoms with van der Waals surface area (Å²) in [6.07, 6.45) is -2.10. The van der Waals surface area contributed by atoms with E-state index in [1.807, 2.05) is 11.8 Å². The molecule has 0 radical (unpaired) electrons. The molecular weight excluding hydrogens is 473 g/mol. The van der Waals surface area contributed by atoms with Crippen molar-refractivity contribution in [1.82, 2.24) is 20.3 Å². The number of hydrogen-bond acceptors (Lipinski definition) is 7. The molecule has 1 aliphatic rings. The number of carbonyl (C=O) groups is 1. The zero-order chi connectivity index (χ0) is 25.0. The van der Waals surface area contributed by atoms with Crippen LogP contribution in [0, 0.1) is 0 Å². The molecule has 1 saturated heterocycles. The number of sulfone groups is 1. The Labute approximate surface area is 196 Å². The maximum absolute atomic E-state index is 13.5. The number of rotatable bonds is 8. The third-order valence-electron chi connectivity index (χ3n) is 6.20. The summed E-state index contributed by atoms with van der Waals surface area (Å²) >= 11 is 0. The summed E-state index contributed by atoms with van der Waals surface area (Å²) in [4.78, 5) is 22.9. The number of amides is 1. The van der Waals surface area contributed by atoms with E-state index >= 15 is 0 Å². The number of nitrogens with one attached hydrogen (secondary N) is 1. The number of piperidine rings is 1. The number of alkyl halides is 3. The number of halogens is 3. The smallest absolute Gasteiger partial charge is 0.303 e. The lowest BCUT2D eigenvalue weighted by Crippen LogP contribution is -2.57. The molecule has 1 aromatic heterocycles. The minimum absolute atomic E-state index is 0.0541. The van der Waals surface area contributed by atoms with Crippen molar-refractivity contribution in [3.05, 3.63) is 42.4 Å². The van der Waals surface area contributed by atoms with Crippen LogP contribution < -0.4 is 5.48 Å². The summed E-state index contributed by atoms with van der Waals surface area (Å²) < 4.78 is 62.0. The van der Waals surface area contributed by atoms with Gasteiger partial charge in [0.05, 0.1) is 22.5 Å². The van der Waals surface area contributed by atoms with Gasteiger partial charge < -0.3 is 4.90 Å². The van der Waals surface area contributed by atoms with Gasteiger partial charge in [0.1, 0.15) is 0 Å². The minimum atomic E-state index is -4.21. The average Bonchev–Trinajstić information content (AvgIpc) is 2.83. The summed E-state index contributed by atoms with van der Waals surface area (Å²) in [5, 5.41) is 9.25. The number of nitrogens with zero attached hydrogens (tertiary/aromatic N) is 3. The molecule has 0 spiro atoms. The lowest BCUT2D eigenvalue weighted by Gasteiger charge is -2.39. The fraction of sp³-hybridized carbons (Fsp3) is 0.500. The molecule has 1 aliphatic heterocycles. The molecule has 0 unspecified atom stereocenters. The molecule has 12 heteroatoms. The molecular formula is C22H27F3N4O4S. The highest BCUT2D eigenvalue weighted by atomic mass is 32.2. The van der Waals surface area contributed by atoms with E-state index in [1.165, 1.54) is 42.1 Å². The van der Waals surface area contributed by atoms with Crippen molar-refractivity contribution >= 4 is 15.7 Å². The van der Waals surface area contributed by atoms with Crippen LogP contribution in [0.1, 0.15) is 38.3 Å². The predicted molar refractivity (Wildman–Crippen MR) is 118 cm³/mol. The van der Waals surface area contributed by atoms with Crippen LogP contribution >= 0.6 is 0 Å². The number of benzene rings is 1. The number of aryl methyl sites for hydroxylation is 1. The second-order valence-corrected chi connectivity index (χ2v) is 10.5. The molecule has 1 fully saturated rings. The van der Waals surface area contributed by atoms with Crippen molar-refractivity contribution in [1.29, 1.82) is 0 Å². The third-order valence-corrected chi connectivity index (χ3v) is 8.71. The Bertz CT molecular complexity index is 1080. The molecule has 34 heavy (non-hydrogen) atoms. The Morgan fingerprint density at radius 1 is 1.15 bits per heavy atom. The fourth-order valence-corrected chi connectivity index (χ4v) is 6.04. The Hall–Kier alpha value is -2.57. The van der Waals surface area contributed by atoms with E-state index in [1.54, 1.807) is 0 Å². The van der Waals surface area contributed by atoms with Gasteiger partial charge in [-0.25, -0.2) is 13.9 Å². The first-order chi connectivity index (χ1) is 16.0. The molecule has 2 N–H and O–H groups in total. The van der Waals surface area contributed by atoms with Gasteiger partial charge >= 0.3 is 6.18 Å². The van der Waals surface area contributed by atoms with Crippen molar-refractivity contribution in [3.8, 4) is 11.3 Å². The Kier molecular flexibility index (Phi) is 7.94. The van der Waals surface area contributed by atoms with E-state index < -0.39 is 33.1 Å². The highest BCUT2D eigenvalue weighted by molar-refractivity contribution is 7.93. The molecule has 1 amide bonds. The molecule has 8 nitrogen and oxygen atoms in total. The number of hydroxylamine groups is 1. The molecule has 0 atom stereocenters. The van der Waals surface area contributed by atoms with Crippen molar-refractivity contribution in [2.24, 2.45) is 0 Å². The number of carbonyl (C=O) groups excluding carboxylic acids is 1. The third kappa shape index (κ3) is 5.56. The highest BCUT2D eigenvalue weighted by Crippen LogP contribution is 2.36. The minimum Gasteiger partial charge on any atom is -0.303 e. The van der Waals surface area contributed by atoms with E-state index in [0.717, 1.165) is 6.54 Å². The quantitative estimate of drug-likeness (QED) is 0.423. The molecule has 1 aromatic carbocycles. The zero-order valence-electron chi connectivity index (χ0n) is 18.7. The van der Waals surface area contributed by atoms with Gasteiger partial charge in [0.2, 0.25) is 0 Å². The summed E-state index contributed by atoms with van der Waals surface area (Å²) in [6, 6.07) is 5.82. The number of hydrogen-bond donors (Lipinski definition) is 2. The van der Waals surface area contributed by atoms with Gasteiger partial charge in [0.15, 0.2) is 14.6 Å². The van der Waals surface area contributed by atoms with Crippen molar-refractivity contribution in [2.45, 2.75) is 54.8 Å². The zero-order valence-corrected chi connectivity index (χ0v) is 19.5. The molecule has 186 valence electrons. The Balaban J connectivity index is 1.78. The van der Waals surface area contributed by atoms with Gasteiger partial charge in [-0.1, -0.05) is 19.1 Å². The van der Waals surface area contributed by atoms with Gasteiger partial charge in [-0.2, -0.15) is 13.2 Å². The van der Waals surface area contributed by atoms with Gasteiger partial charge in [0, 0.05) is 31.3 Å². The van der Waals surface area contributed by atoms with E-state index in [9.17, 15) is 31.6 Å². The van der Waals surface area contributed by atoms with Crippen molar-refractivity contribution in [2.75, 3.05) is 19.6 Å². The van der Waals surface area contributed by atoms with E-state index in [0.29, 0.717) is 30.0 Å². The summed E-state index contributed by atoms with van der Waals surface area (Å²) in [5.74, 6) is -0.945. The first-order valence-electron chi connectivity index (χ1n) is 10.9. The Morgan fingerprint density at radius 3 is 2.29 bits per heavy atom. The standard InChI is InChI=1S/C22H27F3N4O4S/c1-2-29-12-10-21(11-13-29,20(30)28-31)34(32,33)18-7-5-16(6-8-18)19-15-26-17(14-27-19)4-3-9-22(23,24)25/h5-8,14-15,31H,2-4,9-13H2,1H3,(H,28,30). The van der Waals surface area contributed by atoms with Gasteiger partial charge in [-0.15, -0.1) is 0 Å². The van der Waals surface area contributed by atoms with Crippen LogP contribution in [0.4, 0.5) is 13.2 Å². The molecule has 3 rings (SSSR count). The molecule has 0 saturated carbocycles. The highest BCUT2D eigenvalue weighted by Gasteiger charge is 2.52. The Morgan fingerprint density at radius 2 is 1.79 bits per heavy atom. The molecule has 0 bridgehead atoms. The second-order valence-electron chi connectivity index (χ2n) is 8.26. The second kappa shape index (κ2) is 10.4. The van der Waals surface area contributed by atoms with Gasteiger partial charge in [0.25, 0.3) is 5.91 Å². The lowest BCUT2D eigenvalue weighted by atomic mass is 9.95. The molecule has 2 aromatic rings. The van der Waals surface area contributed by atoms with E-state index in [4.69, 9.17) is 0 Å². The maximum Gasteiger partial charge on any atom is 0.389 e. The SMILES string of the molecule is CCN1CCC(C(=O)NO)(S(=O)(=O)c2ccc(-c3cnc(CCCC(F)(F)F)cn3)cc2)CC1. The van der Waals surface area contributed by atoms with Crippen LogP contribution in [0.15, 0.2) is 41.6 Å². The average molecular weight is 501 g/mol. The summed E-state index contributed by atoms with van der Waals surface area (Å²) in [7, 11) is -4.12. The van der Waals surface area contributed by atoms with Gasteiger partial charge in [-0.3, -0.25) is 20.0 Å². The van der Waals surface area contributed by atoms with Crippen LogP contribution in [0.25, 0.3) is 11.3 Å². The van der Waals surface area contributed by atoms with Gasteiger partial charge in [-0.05, 0) is 44.4 Å². The first kappa shape index (κ1) is 26.0. The maximum atomic E-state index is 13.5. The number of likely N-dealkylation sites (tertiary alicyclic amines) is 1. The van der Waals surface area contributed by atoms with E-state index in [2.05, 4.69) is 9.97 Å². The molecule has 2 heterocycles. The van der Waals surface area contributed by atoms with Crippen LogP contribution in [0.2, 0.25) is 0 Å². The van der Waals surface area contributed by atoms with Crippen LogP contribution in [0.3, 0.4) is 0 Å². The van der Waals surface area contributed by atoms with Crippen LogP contribution in [-0.4, -0.2) is 65.0 Å². The lowest BCUT2D eigenvalue weighted by molar-refractivity contribution is -0.135. The van der Waals surface area contributed by atoms with Crippen molar-refractivity contribution in [3.63, 3.8) is 0 Å². The van der Waals surface area contributed by atoms with Crippen LogP contribution in [0.5, 0.6) is 0 Å². The summed E-state index contributed by atoms with van der Waals surface area (Å²) in [5.41, 5.74) is 2.96. The predicted octanol–water partition coefficient (Wildman–Crippen LogP) is 3.16. The summed E-state index contributed by atoms with van der Waals surface area (Å²) in [6.45, 7) is 3.50. The topological polar surface area (TPSA) is 112 Å². The van der Waals surface area contributed by atoms with Crippen molar-refractivity contribution < 1.29 is 31.6 Å². The number of aromatic nitrogens is 2. The fourth-order valence-electron chi connectivity index (χ4n) is 4.08.